The zero-order valence-electron chi connectivity index (χ0n) is 13.9. The molecule has 134 valence electrons. The fourth-order valence-corrected chi connectivity index (χ4v) is 4.11. The molecule has 1 aromatic rings. The predicted octanol–water partition coefficient (Wildman–Crippen LogP) is 2.25. The van der Waals surface area contributed by atoms with Gasteiger partial charge >= 0.3 is 5.97 Å². The molecule has 2 N–H and O–H groups in total. The van der Waals surface area contributed by atoms with E-state index in [1.807, 2.05) is 6.07 Å². The molecule has 2 aliphatic heterocycles. The minimum Gasteiger partial charge on any atom is -0.480 e. The van der Waals surface area contributed by atoms with Gasteiger partial charge in [-0.25, -0.2) is 4.79 Å². The Hall–Kier alpha value is -2.61. The molecule has 7 nitrogen and oxygen atoms in total. The topological polar surface area (TPSA) is 99.1 Å². The van der Waals surface area contributed by atoms with E-state index in [2.05, 4.69) is 22.6 Å². The van der Waals surface area contributed by atoms with Crippen LogP contribution < -0.4 is 5.32 Å². The Morgan fingerprint density at radius 3 is 2.73 bits per heavy atom. The number of imide groups is 1. The van der Waals surface area contributed by atoms with E-state index in [1.165, 1.54) is 35.2 Å². The van der Waals surface area contributed by atoms with Gasteiger partial charge in [0.15, 0.2) is 6.04 Å². The first kappa shape index (κ1) is 16.8. The lowest BCUT2D eigenvalue weighted by Gasteiger charge is -2.16. The molecule has 1 aliphatic carbocycles. The smallest absolute Gasteiger partial charge is 0.328 e. The van der Waals surface area contributed by atoms with Gasteiger partial charge in [0.05, 0.1) is 5.71 Å². The van der Waals surface area contributed by atoms with Crippen molar-refractivity contribution < 1.29 is 19.5 Å². The maximum atomic E-state index is 11.7. The van der Waals surface area contributed by atoms with E-state index in [0.717, 1.165) is 30.2 Å². The number of carbonyl (C=O) groups is 3. The van der Waals surface area contributed by atoms with E-state index < -0.39 is 23.2 Å². The molecule has 0 spiro atoms. The zero-order chi connectivity index (χ0) is 18.3. The van der Waals surface area contributed by atoms with Crippen LogP contribution in [0.2, 0.25) is 0 Å². The molecule has 1 aromatic carbocycles. The van der Waals surface area contributed by atoms with Crippen LogP contribution in [0.5, 0.6) is 0 Å². The molecule has 2 heterocycles. The highest BCUT2D eigenvalue weighted by Gasteiger charge is 2.35. The molecule has 1 saturated heterocycles. The zero-order valence-corrected chi connectivity index (χ0v) is 14.7. The normalized spacial score (nSPS) is 23.8. The largest absolute Gasteiger partial charge is 0.480 e. The average Bonchev–Trinajstić information content (AvgIpc) is 3.18. The van der Waals surface area contributed by atoms with E-state index in [9.17, 15) is 19.5 Å². The Morgan fingerprint density at radius 1 is 1.27 bits per heavy atom. The summed E-state index contributed by atoms with van der Waals surface area (Å²) in [6.45, 7) is 0. The van der Waals surface area contributed by atoms with Gasteiger partial charge < -0.3 is 5.11 Å². The number of carbonyl (C=O) groups excluding carboxylic acids is 2. The molecule has 0 radical (unpaired) electrons. The van der Waals surface area contributed by atoms with Crippen LogP contribution >= 0.6 is 11.8 Å². The third-order valence-corrected chi connectivity index (χ3v) is 5.60. The number of benzene rings is 1. The Kier molecular flexibility index (Phi) is 4.28. The van der Waals surface area contributed by atoms with Crippen molar-refractivity contribution in [2.45, 2.75) is 38.1 Å². The number of carboxylic acids is 1. The number of nitrogens with zero attached hydrogens (tertiary/aromatic N) is 2. The first-order valence-corrected chi connectivity index (χ1v) is 9.29. The molecule has 0 bridgehead atoms. The SMILES string of the molecule is O=C1NC(=O)/C(=C/N2N=C(c3ccc4c(c3)CCCC4)CC2C(=O)O)S1. The summed E-state index contributed by atoms with van der Waals surface area (Å²) in [4.78, 5) is 34.8. The monoisotopic (exact) mass is 371 g/mol. The molecule has 26 heavy (non-hydrogen) atoms. The van der Waals surface area contributed by atoms with Gasteiger partial charge in [0.25, 0.3) is 11.1 Å². The third-order valence-electron chi connectivity index (χ3n) is 4.80. The van der Waals surface area contributed by atoms with Gasteiger partial charge in [-0.1, -0.05) is 12.1 Å². The van der Waals surface area contributed by atoms with Crippen molar-refractivity contribution in [3.05, 3.63) is 46.0 Å². The van der Waals surface area contributed by atoms with Crippen LogP contribution in [0.25, 0.3) is 0 Å². The van der Waals surface area contributed by atoms with Crippen LogP contribution in [0.15, 0.2) is 34.4 Å². The predicted molar refractivity (Wildman–Crippen MR) is 96.7 cm³/mol. The van der Waals surface area contributed by atoms with Gasteiger partial charge in [-0.2, -0.15) is 5.10 Å². The van der Waals surface area contributed by atoms with Gasteiger partial charge in [-0.05, 0) is 60.2 Å². The number of aliphatic carboxylic acids is 1. The van der Waals surface area contributed by atoms with Crippen LogP contribution in [-0.4, -0.2) is 39.0 Å². The third kappa shape index (κ3) is 3.12. The summed E-state index contributed by atoms with van der Waals surface area (Å²) in [6, 6.07) is 5.29. The summed E-state index contributed by atoms with van der Waals surface area (Å²) >= 11 is 0.748. The Labute approximate surface area is 154 Å². The average molecular weight is 371 g/mol. The molecule has 8 heteroatoms. The van der Waals surface area contributed by atoms with E-state index >= 15 is 0 Å². The second kappa shape index (κ2) is 6.60. The van der Waals surface area contributed by atoms with Crippen LogP contribution in [-0.2, 0) is 22.4 Å². The van der Waals surface area contributed by atoms with E-state index in [0.29, 0.717) is 5.71 Å². The van der Waals surface area contributed by atoms with E-state index in [1.54, 1.807) is 0 Å². The highest BCUT2D eigenvalue weighted by atomic mass is 32.2. The van der Waals surface area contributed by atoms with Crippen LogP contribution in [0.3, 0.4) is 0 Å². The van der Waals surface area contributed by atoms with E-state index in [-0.39, 0.29) is 11.3 Å². The molecule has 1 atom stereocenters. The molecule has 3 aliphatic rings. The number of aryl methyl sites for hydroxylation is 2. The minimum absolute atomic E-state index is 0.150. The standard InChI is InChI=1S/C18H17N3O4S/c22-16-15(26-18(25)19-16)9-21-14(17(23)24)8-13(20-21)12-6-5-10-3-1-2-4-11(10)7-12/h5-7,9,14H,1-4,8H2,(H,23,24)(H,19,22,25)/b15-9-. The van der Waals surface area contributed by atoms with Gasteiger partial charge in [0.2, 0.25) is 0 Å². The van der Waals surface area contributed by atoms with Crippen molar-refractivity contribution in [2.75, 3.05) is 0 Å². The molecule has 4 rings (SSSR count). The van der Waals surface area contributed by atoms with Gasteiger partial charge in [0, 0.05) is 12.6 Å². The highest BCUT2D eigenvalue weighted by Crippen LogP contribution is 2.29. The summed E-state index contributed by atoms with van der Waals surface area (Å²) in [5, 5.41) is 16.9. The van der Waals surface area contributed by atoms with Crippen molar-refractivity contribution in [1.29, 1.82) is 0 Å². The number of carboxylic acid groups (broad SMARTS) is 1. The molecule has 0 saturated carbocycles. The van der Waals surface area contributed by atoms with Crippen LogP contribution in [0.1, 0.15) is 36.0 Å². The number of thioether (sulfide) groups is 1. The molecule has 0 aromatic heterocycles. The van der Waals surface area contributed by atoms with Crippen molar-refractivity contribution in [1.82, 2.24) is 10.3 Å². The molecular weight excluding hydrogens is 354 g/mol. The first-order valence-electron chi connectivity index (χ1n) is 8.47. The summed E-state index contributed by atoms with van der Waals surface area (Å²) in [5.74, 6) is -1.55. The minimum atomic E-state index is -1.02. The Balaban J connectivity index is 1.65. The van der Waals surface area contributed by atoms with Crippen molar-refractivity contribution in [2.24, 2.45) is 5.10 Å². The highest BCUT2D eigenvalue weighted by molar-refractivity contribution is 8.18. The number of fused-ring (bicyclic) bond motifs is 1. The number of hydrogen-bond acceptors (Lipinski definition) is 6. The molecule has 1 fully saturated rings. The fraction of sp³-hybridized carbons (Fsp3) is 0.333. The lowest BCUT2D eigenvalue weighted by molar-refractivity contribution is -0.141. The lowest BCUT2D eigenvalue weighted by Crippen LogP contribution is -2.31. The maximum Gasteiger partial charge on any atom is 0.328 e. The summed E-state index contributed by atoms with van der Waals surface area (Å²) in [7, 11) is 0. The van der Waals surface area contributed by atoms with Gasteiger partial charge in [0.1, 0.15) is 4.91 Å². The molecule has 2 amide bonds. The number of hydrogen-bond donors (Lipinski definition) is 2. The molecular formula is C18H17N3O4S. The lowest BCUT2D eigenvalue weighted by atomic mass is 9.89. The quantitative estimate of drug-likeness (QED) is 0.791. The van der Waals surface area contributed by atoms with Crippen molar-refractivity contribution >= 4 is 34.6 Å². The summed E-state index contributed by atoms with van der Waals surface area (Å²) in [6.07, 6.45) is 6.07. The number of nitrogens with one attached hydrogen (secondary N) is 1. The van der Waals surface area contributed by atoms with Crippen LogP contribution in [0, 0.1) is 0 Å². The number of amides is 2. The van der Waals surface area contributed by atoms with Crippen molar-refractivity contribution in [3.63, 3.8) is 0 Å². The van der Waals surface area contributed by atoms with Crippen LogP contribution in [0.4, 0.5) is 4.79 Å². The second-order valence-corrected chi connectivity index (χ2v) is 7.53. The number of hydrazone groups is 1. The van der Waals surface area contributed by atoms with Crippen molar-refractivity contribution in [3.8, 4) is 0 Å². The first-order chi connectivity index (χ1) is 12.5. The Bertz CT molecular complexity index is 877. The second-order valence-electron chi connectivity index (χ2n) is 6.51. The maximum absolute atomic E-state index is 11.7. The number of rotatable bonds is 3. The summed E-state index contributed by atoms with van der Waals surface area (Å²) in [5.41, 5.74) is 4.25. The van der Waals surface area contributed by atoms with E-state index in [4.69, 9.17) is 0 Å². The molecule has 1 unspecified atom stereocenters. The Morgan fingerprint density at radius 2 is 2.04 bits per heavy atom. The fourth-order valence-electron chi connectivity index (χ4n) is 3.47. The van der Waals surface area contributed by atoms with Gasteiger partial charge in [-0.15, -0.1) is 0 Å². The summed E-state index contributed by atoms with van der Waals surface area (Å²) < 4.78 is 0. The van der Waals surface area contributed by atoms with Gasteiger partial charge in [-0.3, -0.25) is 19.9 Å².